The highest BCUT2D eigenvalue weighted by Crippen LogP contribution is 2.51. The molecule has 0 amide bonds. The van der Waals surface area contributed by atoms with Gasteiger partial charge in [0.05, 0.1) is 0 Å². The first-order valence-electron chi connectivity index (χ1n) is 4.19. The molecule has 11 heavy (non-hydrogen) atoms. The van der Waals surface area contributed by atoms with E-state index in [4.69, 9.17) is 5.73 Å². The van der Waals surface area contributed by atoms with Gasteiger partial charge in [-0.25, -0.2) is 8.78 Å². The molecule has 2 aliphatic rings. The van der Waals surface area contributed by atoms with E-state index in [-0.39, 0.29) is 24.3 Å². The third-order valence-corrected chi connectivity index (χ3v) is 3.04. The summed E-state index contributed by atoms with van der Waals surface area (Å²) in [6.07, 6.45) is 2.62. The molecule has 64 valence electrons. The van der Waals surface area contributed by atoms with Crippen molar-refractivity contribution in [1.82, 2.24) is 0 Å². The first kappa shape index (κ1) is 7.47. The Labute approximate surface area is 65.0 Å². The summed E-state index contributed by atoms with van der Waals surface area (Å²) >= 11 is 0. The normalized spacial score (nSPS) is 39.0. The van der Waals surface area contributed by atoms with Gasteiger partial charge in [-0.2, -0.15) is 0 Å². The molecule has 1 atom stereocenters. The molecule has 0 spiro atoms. The van der Waals surface area contributed by atoms with Crippen LogP contribution in [0.4, 0.5) is 8.78 Å². The summed E-state index contributed by atoms with van der Waals surface area (Å²) in [6.45, 7) is 0. The van der Waals surface area contributed by atoms with Crippen molar-refractivity contribution >= 4 is 0 Å². The van der Waals surface area contributed by atoms with Crippen molar-refractivity contribution in [3.63, 3.8) is 0 Å². The lowest BCUT2D eigenvalue weighted by molar-refractivity contribution is 0.00341. The van der Waals surface area contributed by atoms with E-state index in [9.17, 15) is 8.78 Å². The Kier molecular flexibility index (Phi) is 1.32. The lowest BCUT2D eigenvalue weighted by Gasteiger charge is -2.17. The van der Waals surface area contributed by atoms with Gasteiger partial charge in [0.25, 0.3) is 0 Å². The van der Waals surface area contributed by atoms with E-state index < -0.39 is 5.92 Å². The third-order valence-electron chi connectivity index (χ3n) is 3.04. The van der Waals surface area contributed by atoms with Gasteiger partial charge in [-0.1, -0.05) is 0 Å². The largest absolute Gasteiger partial charge is 0.325 e. The Morgan fingerprint density at radius 1 is 1.18 bits per heavy atom. The van der Waals surface area contributed by atoms with E-state index in [2.05, 4.69) is 0 Å². The smallest absolute Gasteiger partial charge is 0.248 e. The molecule has 2 saturated carbocycles. The van der Waals surface area contributed by atoms with Gasteiger partial charge in [-0.3, -0.25) is 0 Å². The van der Waals surface area contributed by atoms with Crippen LogP contribution in [0.15, 0.2) is 0 Å². The van der Waals surface area contributed by atoms with Crippen LogP contribution in [0.1, 0.15) is 32.1 Å². The van der Waals surface area contributed by atoms with Gasteiger partial charge in [0.2, 0.25) is 5.92 Å². The zero-order chi connectivity index (χ0) is 8.11. The molecule has 0 aromatic heterocycles. The SMILES string of the molecule is NC1(C2CCC(F)(F)C2)CC1. The van der Waals surface area contributed by atoms with Gasteiger partial charge in [-0.05, 0) is 25.2 Å². The number of alkyl halides is 2. The van der Waals surface area contributed by atoms with Crippen LogP contribution in [0.5, 0.6) is 0 Å². The predicted octanol–water partition coefficient (Wildman–Crippen LogP) is 1.91. The molecular formula is C8H13F2N. The first-order chi connectivity index (χ1) is 5.02. The molecule has 0 heterocycles. The van der Waals surface area contributed by atoms with Gasteiger partial charge in [-0.15, -0.1) is 0 Å². The van der Waals surface area contributed by atoms with E-state index in [0.29, 0.717) is 6.42 Å². The van der Waals surface area contributed by atoms with Crippen molar-refractivity contribution in [3.05, 3.63) is 0 Å². The quantitative estimate of drug-likeness (QED) is 0.624. The van der Waals surface area contributed by atoms with Crippen LogP contribution in [0.2, 0.25) is 0 Å². The number of nitrogens with two attached hydrogens (primary N) is 1. The van der Waals surface area contributed by atoms with Gasteiger partial charge in [0.1, 0.15) is 0 Å². The van der Waals surface area contributed by atoms with E-state index in [0.717, 1.165) is 12.8 Å². The molecule has 0 aliphatic heterocycles. The first-order valence-corrected chi connectivity index (χ1v) is 4.19. The number of halogens is 2. The van der Waals surface area contributed by atoms with Crippen LogP contribution in [-0.2, 0) is 0 Å². The monoisotopic (exact) mass is 161 g/mol. The van der Waals surface area contributed by atoms with Crippen molar-refractivity contribution in [2.45, 2.75) is 43.6 Å². The minimum Gasteiger partial charge on any atom is -0.325 e. The Hall–Kier alpha value is -0.180. The van der Waals surface area contributed by atoms with Crippen molar-refractivity contribution < 1.29 is 8.78 Å². The second-order valence-corrected chi connectivity index (χ2v) is 4.03. The maximum Gasteiger partial charge on any atom is 0.248 e. The molecule has 2 fully saturated rings. The van der Waals surface area contributed by atoms with Gasteiger partial charge in [0, 0.05) is 18.4 Å². The standard InChI is InChI=1S/C8H13F2N/c9-8(10)2-1-6(5-8)7(11)3-4-7/h6H,1-5,11H2. The molecule has 1 nitrogen and oxygen atoms in total. The number of hydrogen-bond donors (Lipinski definition) is 1. The van der Waals surface area contributed by atoms with Crippen molar-refractivity contribution in [1.29, 1.82) is 0 Å². The van der Waals surface area contributed by atoms with Crippen LogP contribution in [0, 0.1) is 5.92 Å². The topological polar surface area (TPSA) is 26.0 Å². The highest BCUT2D eigenvalue weighted by atomic mass is 19.3. The van der Waals surface area contributed by atoms with Crippen LogP contribution < -0.4 is 5.73 Å². The van der Waals surface area contributed by atoms with Gasteiger partial charge >= 0.3 is 0 Å². The molecule has 3 heteroatoms. The fraction of sp³-hybridized carbons (Fsp3) is 1.00. The molecular weight excluding hydrogens is 148 g/mol. The molecule has 2 rings (SSSR count). The van der Waals surface area contributed by atoms with E-state index in [1.807, 2.05) is 0 Å². The fourth-order valence-electron chi connectivity index (χ4n) is 1.99. The lowest BCUT2D eigenvalue weighted by atomic mass is 9.96. The average Bonchev–Trinajstić information content (AvgIpc) is 2.51. The molecule has 1 unspecified atom stereocenters. The zero-order valence-electron chi connectivity index (χ0n) is 6.45. The maximum absolute atomic E-state index is 12.7. The summed E-state index contributed by atoms with van der Waals surface area (Å²) in [5, 5.41) is 0. The average molecular weight is 161 g/mol. The Balaban J connectivity index is 2.00. The Morgan fingerprint density at radius 2 is 1.82 bits per heavy atom. The van der Waals surface area contributed by atoms with Crippen molar-refractivity contribution in [3.8, 4) is 0 Å². The minimum atomic E-state index is -2.42. The minimum absolute atomic E-state index is 0.0312. The summed E-state index contributed by atoms with van der Waals surface area (Å²) < 4.78 is 25.4. The van der Waals surface area contributed by atoms with Gasteiger partial charge < -0.3 is 5.73 Å². The molecule has 0 radical (unpaired) electrons. The summed E-state index contributed by atoms with van der Waals surface area (Å²) in [4.78, 5) is 0. The molecule has 0 bridgehead atoms. The van der Waals surface area contributed by atoms with Crippen LogP contribution in [-0.4, -0.2) is 11.5 Å². The highest BCUT2D eigenvalue weighted by Gasteiger charge is 2.53. The molecule has 0 aromatic rings. The molecule has 2 aliphatic carbocycles. The Bertz CT molecular complexity index is 175. The highest BCUT2D eigenvalue weighted by molar-refractivity contribution is 5.07. The van der Waals surface area contributed by atoms with Crippen LogP contribution in [0.25, 0.3) is 0 Å². The second-order valence-electron chi connectivity index (χ2n) is 4.03. The molecule has 0 aromatic carbocycles. The van der Waals surface area contributed by atoms with Crippen molar-refractivity contribution in [2.75, 3.05) is 0 Å². The third kappa shape index (κ3) is 1.26. The van der Waals surface area contributed by atoms with Crippen molar-refractivity contribution in [2.24, 2.45) is 11.7 Å². The summed E-state index contributed by atoms with van der Waals surface area (Å²) in [6, 6.07) is 0. The number of rotatable bonds is 1. The lowest BCUT2D eigenvalue weighted by Crippen LogP contribution is -2.31. The summed E-state index contributed by atoms with van der Waals surface area (Å²) in [5.41, 5.74) is 5.65. The number of hydrogen-bond acceptors (Lipinski definition) is 1. The van der Waals surface area contributed by atoms with Crippen LogP contribution >= 0.6 is 0 Å². The zero-order valence-corrected chi connectivity index (χ0v) is 6.45. The van der Waals surface area contributed by atoms with E-state index in [1.54, 1.807) is 0 Å². The van der Waals surface area contributed by atoms with Crippen LogP contribution in [0.3, 0.4) is 0 Å². The predicted molar refractivity (Wildman–Crippen MR) is 38.4 cm³/mol. The molecule has 2 N–H and O–H groups in total. The van der Waals surface area contributed by atoms with E-state index in [1.165, 1.54) is 0 Å². The van der Waals surface area contributed by atoms with Gasteiger partial charge in [0.15, 0.2) is 0 Å². The Morgan fingerprint density at radius 3 is 2.18 bits per heavy atom. The summed E-state index contributed by atoms with van der Waals surface area (Å²) in [7, 11) is 0. The maximum atomic E-state index is 12.7. The van der Waals surface area contributed by atoms with E-state index >= 15 is 0 Å². The molecule has 0 saturated heterocycles. The second kappa shape index (κ2) is 1.94. The summed E-state index contributed by atoms with van der Waals surface area (Å²) in [5.74, 6) is -2.32. The fourth-order valence-corrected chi connectivity index (χ4v) is 1.99.